The Bertz CT molecular complexity index is 1440. The highest BCUT2D eigenvalue weighted by molar-refractivity contribution is 9.10. The molecule has 4 aromatic rings. The highest BCUT2D eigenvalue weighted by atomic mass is 79.9. The predicted octanol–water partition coefficient (Wildman–Crippen LogP) is 3.55. The molecule has 3 heterocycles. The van der Waals surface area contributed by atoms with Crippen LogP contribution in [0, 0.1) is 6.92 Å². The standard InChI is InChI=1S/C26H29BrN6O3/c1-15-11-17(33-9-7-28-8-10-33)13-20-24(15)32-25(31-20)23-19(5-6-29-26(23)35)30-14-21(34)16-3-4-22(36-2)18(27)12-16/h3-6,11-13,21,28,34H,7-10,14H2,1-2H3,(H,31,32)(H2,29,30,35)/t21-/m1/s1. The van der Waals surface area contributed by atoms with Gasteiger partial charge in [0.2, 0.25) is 0 Å². The number of hydrogen-bond donors (Lipinski definition) is 5. The van der Waals surface area contributed by atoms with E-state index in [2.05, 4.69) is 53.6 Å². The summed E-state index contributed by atoms with van der Waals surface area (Å²) in [5.41, 5.74) is 5.36. The number of halogens is 1. The average molecular weight is 553 g/mol. The molecule has 9 nitrogen and oxygen atoms in total. The molecule has 0 unspecified atom stereocenters. The van der Waals surface area contributed by atoms with Gasteiger partial charge in [-0.15, -0.1) is 0 Å². The van der Waals surface area contributed by atoms with E-state index in [0.29, 0.717) is 22.8 Å². The number of pyridine rings is 1. The van der Waals surface area contributed by atoms with E-state index in [-0.39, 0.29) is 12.1 Å². The summed E-state index contributed by atoms with van der Waals surface area (Å²) < 4.78 is 6.02. The molecule has 36 heavy (non-hydrogen) atoms. The minimum absolute atomic E-state index is 0.210. The van der Waals surface area contributed by atoms with Gasteiger partial charge in [-0.05, 0) is 64.3 Å². The van der Waals surface area contributed by atoms with Gasteiger partial charge in [-0.25, -0.2) is 4.98 Å². The monoisotopic (exact) mass is 552 g/mol. The number of aliphatic hydroxyl groups excluding tert-OH is 1. The lowest BCUT2D eigenvalue weighted by Gasteiger charge is -2.29. The Morgan fingerprint density at radius 3 is 2.78 bits per heavy atom. The number of fused-ring (bicyclic) bond motifs is 1. The van der Waals surface area contributed by atoms with Crippen molar-refractivity contribution >= 4 is 38.3 Å². The molecule has 5 N–H and O–H groups in total. The number of hydrogen-bond acceptors (Lipinski definition) is 7. The summed E-state index contributed by atoms with van der Waals surface area (Å²) in [6, 6.07) is 11.5. The van der Waals surface area contributed by atoms with E-state index in [4.69, 9.17) is 9.72 Å². The minimum Gasteiger partial charge on any atom is -0.496 e. The van der Waals surface area contributed by atoms with Gasteiger partial charge < -0.3 is 35.3 Å². The first kappa shape index (κ1) is 24.4. The van der Waals surface area contributed by atoms with Crippen molar-refractivity contribution in [2.45, 2.75) is 13.0 Å². The van der Waals surface area contributed by atoms with Crippen molar-refractivity contribution in [3.05, 3.63) is 68.5 Å². The quantitative estimate of drug-likeness (QED) is 0.238. The Morgan fingerprint density at radius 2 is 2.03 bits per heavy atom. The van der Waals surface area contributed by atoms with Crippen LogP contribution in [-0.4, -0.2) is 59.9 Å². The second-order valence-electron chi connectivity index (χ2n) is 8.87. The van der Waals surface area contributed by atoms with E-state index >= 15 is 0 Å². The summed E-state index contributed by atoms with van der Waals surface area (Å²) in [6.07, 6.45) is 0.792. The van der Waals surface area contributed by atoms with Crippen LogP contribution >= 0.6 is 15.9 Å². The number of H-pyrrole nitrogens is 2. The normalized spacial score (nSPS) is 14.7. The number of aryl methyl sites for hydroxylation is 1. The number of rotatable bonds is 7. The number of aliphatic hydroxyl groups is 1. The summed E-state index contributed by atoms with van der Waals surface area (Å²) >= 11 is 3.46. The summed E-state index contributed by atoms with van der Waals surface area (Å²) in [5, 5.41) is 17.4. The van der Waals surface area contributed by atoms with Gasteiger partial charge in [0.05, 0.1) is 34.4 Å². The molecule has 0 spiro atoms. The van der Waals surface area contributed by atoms with Crippen LogP contribution in [-0.2, 0) is 0 Å². The molecule has 10 heteroatoms. The van der Waals surface area contributed by atoms with Gasteiger partial charge in [-0.2, -0.15) is 0 Å². The fourth-order valence-corrected chi connectivity index (χ4v) is 5.13. The maximum Gasteiger partial charge on any atom is 0.261 e. The van der Waals surface area contributed by atoms with Crippen molar-refractivity contribution in [1.82, 2.24) is 20.3 Å². The van der Waals surface area contributed by atoms with Gasteiger partial charge in [0.25, 0.3) is 5.56 Å². The second kappa shape index (κ2) is 10.3. The molecule has 0 saturated carbocycles. The van der Waals surface area contributed by atoms with Gasteiger partial charge in [0, 0.05) is 44.6 Å². The number of anilines is 2. The molecule has 1 aliphatic rings. The van der Waals surface area contributed by atoms with Gasteiger partial charge in [0.15, 0.2) is 0 Å². The van der Waals surface area contributed by atoms with Crippen LogP contribution in [0.5, 0.6) is 5.75 Å². The molecule has 0 amide bonds. The number of aromatic amines is 2. The largest absolute Gasteiger partial charge is 0.496 e. The lowest BCUT2D eigenvalue weighted by Crippen LogP contribution is -2.43. The summed E-state index contributed by atoms with van der Waals surface area (Å²) in [7, 11) is 1.59. The Labute approximate surface area is 217 Å². The van der Waals surface area contributed by atoms with E-state index < -0.39 is 6.10 Å². The third-order valence-electron chi connectivity index (χ3n) is 6.49. The van der Waals surface area contributed by atoms with Crippen LogP contribution in [0.2, 0.25) is 0 Å². The number of nitrogens with zero attached hydrogens (tertiary/aromatic N) is 2. The summed E-state index contributed by atoms with van der Waals surface area (Å²) in [6.45, 7) is 6.06. The lowest BCUT2D eigenvalue weighted by atomic mass is 10.1. The SMILES string of the molecule is COc1ccc([C@H](O)CNc2cc[nH]c(=O)c2-c2nc3c(C)cc(N4CCNCC4)cc3[nH]2)cc1Br. The van der Waals surface area contributed by atoms with E-state index in [1.54, 1.807) is 25.4 Å². The number of methoxy groups -OCH3 is 1. The fraction of sp³-hybridized carbons (Fsp3) is 0.308. The fourth-order valence-electron chi connectivity index (χ4n) is 4.57. The van der Waals surface area contributed by atoms with Crippen LogP contribution in [0.25, 0.3) is 22.4 Å². The zero-order chi connectivity index (χ0) is 25.2. The van der Waals surface area contributed by atoms with Crippen LogP contribution < -0.4 is 25.8 Å². The Balaban J connectivity index is 1.43. The van der Waals surface area contributed by atoms with Crippen molar-refractivity contribution in [2.24, 2.45) is 0 Å². The molecule has 2 aromatic carbocycles. The predicted molar refractivity (Wildman–Crippen MR) is 146 cm³/mol. The molecular weight excluding hydrogens is 524 g/mol. The zero-order valence-corrected chi connectivity index (χ0v) is 21.8. The van der Waals surface area contributed by atoms with E-state index in [9.17, 15) is 9.90 Å². The number of imidazole rings is 1. The highest BCUT2D eigenvalue weighted by Gasteiger charge is 2.19. The van der Waals surface area contributed by atoms with Gasteiger partial charge in [0.1, 0.15) is 17.1 Å². The first-order chi connectivity index (χ1) is 17.4. The molecule has 1 atom stereocenters. The van der Waals surface area contributed by atoms with Crippen LogP contribution in [0.4, 0.5) is 11.4 Å². The summed E-state index contributed by atoms with van der Waals surface area (Å²) in [4.78, 5) is 26.1. The molecule has 188 valence electrons. The van der Waals surface area contributed by atoms with Crippen molar-refractivity contribution < 1.29 is 9.84 Å². The second-order valence-corrected chi connectivity index (χ2v) is 9.72. The maximum atomic E-state index is 12.9. The van der Waals surface area contributed by atoms with Crippen molar-refractivity contribution in [3.8, 4) is 17.1 Å². The van der Waals surface area contributed by atoms with Crippen molar-refractivity contribution in [1.29, 1.82) is 0 Å². The molecule has 0 radical (unpaired) electrons. The molecule has 5 rings (SSSR count). The van der Waals surface area contributed by atoms with Gasteiger partial charge >= 0.3 is 0 Å². The Kier molecular flexibility index (Phi) is 6.99. The molecular formula is C26H29BrN6O3. The van der Waals surface area contributed by atoms with E-state index in [1.165, 1.54) is 0 Å². The molecule has 1 fully saturated rings. The van der Waals surface area contributed by atoms with Gasteiger partial charge in [-0.3, -0.25) is 4.79 Å². The Morgan fingerprint density at radius 1 is 1.22 bits per heavy atom. The first-order valence-corrected chi connectivity index (χ1v) is 12.7. The lowest BCUT2D eigenvalue weighted by molar-refractivity contribution is 0.191. The number of benzene rings is 2. The van der Waals surface area contributed by atoms with Crippen LogP contribution in [0.3, 0.4) is 0 Å². The molecule has 0 bridgehead atoms. The zero-order valence-electron chi connectivity index (χ0n) is 20.2. The third kappa shape index (κ3) is 4.84. The van der Waals surface area contributed by atoms with E-state index in [1.807, 2.05) is 19.1 Å². The molecule has 1 saturated heterocycles. The Hall–Kier alpha value is -3.34. The number of ether oxygens (including phenoxy) is 1. The van der Waals surface area contributed by atoms with Crippen molar-refractivity contribution in [2.75, 3.05) is 50.1 Å². The number of nitrogens with one attached hydrogen (secondary N) is 4. The number of aromatic nitrogens is 3. The van der Waals surface area contributed by atoms with Gasteiger partial charge in [-0.1, -0.05) is 6.07 Å². The topological polar surface area (TPSA) is 118 Å². The molecule has 0 aliphatic carbocycles. The highest BCUT2D eigenvalue weighted by Crippen LogP contribution is 2.31. The number of piperazine rings is 1. The summed E-state index contributed by atoms with van der Waals surface area (Å²) in [5.74, 6) is 1.17. The maximum absolute atomic E-state index is 12.9. The molecule has 1 aliphatic heterocycles. The minimum atomic E-state index is -0.793. The van der Waals surface area contributed by atoms with Crippen molar-refractivity contribution in [3.63, 3.8) is 0 Å². The first-order valence-electron chi connectivity index (χ1n) is 11.9. The third-order valence-corrected chi connectivity index (χ3v) is 7.11. The smallest absolute Gasteiger partial charge is 0.261 e. The van der Waals surface area contributed by atoms with E-state index in [0.717, 1.165) is 58.5 Å². The average Bonchev–Trinajstić information content (AvgIpc) is 3.32. The molecule has 2 aromatic heterocycles. The van der Waals surface area contributed by atoms with Crippen LogP contribution in [0.1, 0.15) is 17.2 Å². The van der Waals surface area contributed by atoms with Crippen LogP contribution in [0.15, 0.2) is 51.9 Å².